The van der Waals surface area contributed by atoms with E-state index in [1.165, 1.54) is 65.7 Å². The van der Waals surface area contributed by atoms with Crippen LogP contribution >= 0.6 is 0 Å². The number of nitrogens with one attached hydrogen (secondary N) is 1. The fraction of sp³-hybridized carbons (Fsp3) is 0.0769. The van der Waals surface area contributed by atoms with Crippen molar-refractivity contribution in [3.63, 3.8) is 0 Å². The number of anilines is 2. The average Bonchev–Trinajstić information content (AvgIpc) is 3.23. The van der Waals surface area contributed by atoms with Crippen LogP contribution in [-0.4, -0.2) is 0 Å². The van der Waals surface area contributed by atoms with Crippen molar-refractivity contribution >= 4 is 43.7 Å². The molecule has 0 aromatic heterocycles. The molecule has 0 amide bonds. The maximum Gasteiger partial charge on any atom is 0.0387 e. The van der Waals surface area contributed by atoms with Crippen molar-refractivity contribution in [3.05, 3.63) is 145 Å². The maximum atomic E-state index is 3.65. The summed E-state index contributed by atoms with van der Waals surface area (Å²) in [5, 5.41) is 11.5. The summed E-state index contributed by atoms with van der Waals surface area (Å²) in [4.78, 5) is 0. The third-order valence-corrected chi connectivity index (χ3v) is 8.83. The Hall–Kier alpha value is -4.88. The van der Waals surface area contributed by atoms with Gasteiger partial charge in [-0.05, 0) is 96.0 Å². The van der Waals surface area contributed by atoms with E-state index >= 15 is 0 Å². The largest absolute Gasteiger partial charge is 0.356 e. The predicted molar refractivity (Wildman–Crippen MR) is 172 cm³/mol. The Morgan fingerprint density at radius 3 is 1.62 bits per heavy atom. The van der Waals surface area contributed by atoms with Crippen molar-refractivity contribution < 1.29 is 0 Å². The molecule has 0 saturated carbocycles. The topological polar surface area (TPSA) is 12.0 Å². The lowest BCUT2D eigenvalue weighted by atomic mass is 9.82. The van der Waals surface area contributed by atoms with Gasteiger partial charge in [-0.3, -0.25) is 0 Å². The van der Waals surface area contributed by atoms with Crippen LogP contribution in [0.15, 0.2) is 133 Å². The molecule has 40 heavy (non-hydrogen) atoms. The number of benzene rings is 7. The lowest BCUT2D eigenvalue weighted by molar-refractivity contribution is 0.660. The zero-order valence-electron chi connectivity index (χ0n) is 22.7. The SMILES string of the molecule is CC1(C)c2ccccc2-c2ccc(Nc3ccc(-c4ccc5c6ccccc6c6ccccc6c5c4)cc3)cc21. The van der Waals surface area contributed by atoms with Crippen molar-refractivity contribution in [2.24, 2.45) is 0 Å². The molecular formula is C39H29N. The number of hydrogen-bond acceptors (Lipinski definition) is 1. The zero-order chi connectivity index (χ0) is 26.8. The zero-order valence-corrected chi connectivity index (χ0v) is 22.7. The number of hydrogen-bond donors (Lipinski definition) is 1. The standard InChI is InChI=1S/C39H29N/c1-39(2)37-14-8-7-13-34(37)35-22-20-28(24-38(35)39)40-27-18-15-25(16-19-27)26-17-21-33-31-11-4-3-9-29(31)30-10-5-6-12-32(30)36(33)23-26/h3-24,40H,1-2H3. The Bertz CT molecular complexity index is 2060. The summed E-state index contributed by atoms with van der Waals surface area (Å²) in [6, 6.07) is 48.8. The normalized spacial score (nSPS) is 13.4. The maximum absolute atomic E-state index is 3.65. The summed E-state index contributed by atoms with van der Waals surface area (Å²) in [5.74, 6) is 0. The minimum atomic E-state index is -0.000938. The van der Waals surface area contributed by atoms with Crippen molar-refractivity contribution in [3.8, 4) is 22.3 Å². The summed E-state index contributed by atoms with van der Waals surface area (Å²) in [6.07, 6.45) is 0. The second-order valence-corrected chi connectivity index (χ2v) is 11.5. The van der Waals surface area contributed by atoms with Crippen LogP contribution in [-0.2, 0) is 5.41 Å². The van der Waals surface area contributed by atoms with Crippen LogP contribution in [0, 0.1) is 0 Å². The first-order valence-corrected chi connectivity index (χ1v) is 14.0. The fourth-order valence-electron chi connectivity index (χ4n) is 6.78. The minimum absolute atomic E-state index is 0.000938. The van der Waals surface area contributed by atoms with E-state index in [2.05, 4.69) is 153 Å². The minimum Gasteiger partial charge on any atom is -0.356 e. The highest BCUT2D eigenvalue weighted by Gasteiger charge is 2.35. The second kappa shape index (κ2) is 8.56. The Balaban J connectivity index is 1.14. The van der Waals surface area contributed by atoms with Gasteiger partial charge in [0.1, 0.15) is 0 Å². The van der Waals surface area contributed by atoms with Gasteiger partial charge in [-0.2, -0.15) is 0 Å². The molecule has 0 bridgehead atoms. The van der Waals surface area contributed by atoms with Gasteiger partial charge in [-0.1, -0.05) is 117 Å². The first-order chi connectivity index (χ1) is 19.6. The van der Waals surface area contributed by atoms with E-state index in [-0.39, 0.29) is 5.41 Å². The van der Waals surface area contributed by atoms with Crippen LogP contribution in [0.3, 0.4) is 0 Å². The molecule has 7 aromatic carbocycles. The van der Waals surface area contributed by atoms with Gasteiger partial charge in [0.05, 0.1) is 0 Å². The molecule has 8 rings (SSSR count). The van der Waals surface area contributed by atoms with Crippen LogP contribution in [0.2, 0.25) is 0 Å². The van der Waals surface area contributed by atoms with Crippen LogP contribution < -0.4 is 5.32 Å². The van der Waals surface area contributed by atoms with Crippen LogP contribution in [0.25, 0.3) is 54.6 Å². The predicted octanol–water partition coefficient (Wildman–Crippen LogP) is 10.9. The van der Waals surface area contributed by atoms with E-state index in [1.807, 2.05) is 0 Å². The Morgan fingerprint density at radius 1 is 0.400 bits per heavy atom. The summed E-state index contributed by atoms with van der Waals surface area (Å²) in [7, 11) is 0. The fourth-order valence-corrected chi connectivity index (χ4v) is 6.78. The summed E-state index contributed by atoms with van der Waals surface area (Å²) >= 11 is 0. The molecule has 1 nitrogen and oxygen atoms in total. The molecule has 0 saturated heterocycles. The average molecular weight is 512 g/mol. The van der Waals surface area contributed by atoms with Gasteiger partial charge >= 0.3 is 0 Å². The first-order valence-electron chi connectivity index (χ1n) is 14.0. The van der Waals surface area contributed by atoms with Crippen molar-refractivity contribution in [1.29, 1.82) is 0 Å². The van der Waals surface area contributed by atoms with Crippen molar-refractivity contribution in [2.75, 3.05) is 5.32 Å². The highest BCUT2D eigenvalue weighted by Crippen LogP contribution is 2.49. The van der Waals surface area contributed by atoms with E-state index in [0.29, 0.717) is 0 Å². The molecule has 1 heteroatoms. The smallest absolute Gasteiger partial charge is 0.0387 e. The highest BCUT2D eigenvalue weighted by molar-refractivity contribution is 6.25. The molecule has 0 heterocycles. The van der Waals surface area contributed by atoms with Gasteiger partial charge in [-0.15, -0.1) is 0 Å². The van der Waals surface area contributed by atoms with E-state index in [1.54, 1.807) is 0 Å². The second-order valence-electron chi connectivity index (χ2n) is 11.5. The molecule has 1 aliphatic rings. The van der Waals surface area contributed by atoms with Gasteiger partial charge < -0.3 is 5.32 Å². The van der Waals surface area contributed by atoms with Crippen LogP contribution in [0.4, 0.5) is 11.4 Å². The summed E-state index contributed by atoms with van der Waals surface area (Å²) in [6.45, 7) is 4.65. The number of rotatable bonds is 3. The van der Waals surface area contributed by atoms with Gasteiger partial charge in [0.15, 0.2) is 0 Å². The molecule has 0 aliphatic heterocycles. The number of fused-ring (bicyclic) bond motifs is 9. The molecular weight excluding hydrogens is 482 g/mol. The van der Waals surface area contributed by atoms with Gasteiger partial charge in [0.2, 0.25) is 0 Å². The molecule has 0 atom stereocenters. The summed E-state index contributed by atoms with van der Waals surface area (Å²) in [5.41, 5.74) is 10.2. The van der Waals surface area contributed by atoms with E-state index in [9.17, 15) is 0 Å². The van der Waals surface area contributed by atoms with E-state index < -0.39 is 0 Å². The molecule has 1 N–H and O–H groups in total. The van der Waals surface area contributed by atoms with Gasteiger partial charge in [0, 0.05) is 16.8 Å². The van der Waals surface area contributed by atoms with Crippen molar-refractivity contribution in [2.45, 2.75) is 19.3 Å². The quantitative estimate of drug-likeness (QED) is 0.233. The molecule has 190 valence electrons. The van der Waals surface area contributed by atoms with Crippen molar-refractivity contribution in [1.82, 2.24) is 0 Å². The lowest BCUT2D eigenvalue weighted by Crippen LogP contribution is -2.15. The molecule has 0 spiro atoms. The van der Waals surface area contributed by atoms with E-state index in [4.69, 9.17) is 0 Å². The molecule has 7 aromatic rings. The summed E-state index contributed by atoms with van der Waals surface area (Å²) < 4.78 is 0. The first kappa shape index (κ1) is 23.0. The highest BCUT2D eigenvalue weighted by atomic mass is 14.9. The Labute approximate surface area is 234 Å². The molecule has 0 unspecified atom stereocenters. The Kier molecular flexibility index (Phi) is 4.93. The molecule has 0 radical (unpaired) electrons. The monoisotopic (exact) mass is 511 g/mol. The van der Waals surface area contributed by atoms with Gasteiger partial charge in [-0.25, -0.2) is 0 Å². The van der Waals surface area contributed by atoms with Crippen LogP contribution in [0.1, 0.15) is 25.0 Å². The third-order valence-electron chi connectivity index (χ3n) is 8.83. The lowest BCUT2D eigenvalue weighted by Gasteiger charge is -2.22. The molecule has 0 fully saturated rings. The Morgan fingerprint density at radius 2 is 0.925 bits per heavy atom. The van der Waals surface area contributed by atoms with E-state index in [0.717, 1.165) is 11.4 Å². The molecule has 1 aliphatic carbocycles. The van der Waals surface area contributed by atoms with Gasteiger partial charge in [0.25, 0.3) is 0 Å². The third kappa shape index (κ3) is 3.41. The van der Waals surface area contributed by atoms with Crippen LogP contribution in [0.5, 0.6) is 0 Å².